The molecule has 4 rings (SSSR count). The van der Waals surface area contributed by atoms with Gasteiger partial charge in [-0.05, 0) is 30.7 Å². The molecule has 1 aliphatic rings. The Morgan fingerprint density at radius 1 is 1.42 bits per heavy atom. The first-order valence-corrected chi connectivity index (χ1v) is 9.20. The fourth-order valence-corrected chi connectivity index (χ4v) is 3.74. The number of aromatic nitrogens is 4. The van der Waals surface area contributed by atoms with E-state index in [1.165, 1.54) is 11.3 Å². The quantitative estimate of drug-likeness (QED) is 0.738. The van der Waals surface area contributed by atoms with Crippen molar-refractivity contribution < 1.29 is 4.79 Å². The molecule has 24 heavy (non-hydrogen) atoms. The number of nitrogens with one attached hydrogen (secondary N) is 1. The van der Waals surface area contributed by atoms with E-state index in [1.807, 2.05) is 22.8 Å². The molecule has 7 nitrogen and oxygen atoms in total. The molecule has 0 saturated heterocycles. The Balaban J connectivity index is 1.73. The van der Waals surface area contributed by atoms with Crippen LogP contribution in [0.4, 0.5) is 0 Å². The third-order valence-electron chi connectivity index (χ3n) is 4.24. The normalized spacial score (nSPS) is 14.5. The number of nitrogens with zero attached hydrogens (tertiary/aromatic N) is 4. The number of rotatable bonds is 6. The summed E-state index contributed by atoms with van der Waals surface area (Å²) in [5, 5.41) is 13.4. The number of amides is 1. The van der Waals surface area contributed by atoms with Gasteiger partial charge in [0.1, 0.15) is 10.5 Å². The van der Waals surface area contributed by atoms with Gasteiger partial charge >= 0.3 is 0 Å². The molecule has 1 saturated carbocycles. The molecule has 1 aliphatic carbocycles. The van der Waals surface area contributed by atoms with Crippen LogP contribution in [0, 0.1) is 0 Å². The molecule has 0 atom stereocenters. The standard InChI is InChI=1S/C16H19N5O2S/c1-2-8-20-15(23)14-11(7-9-24-14)21-12(18-19-16(20)21)5-6-13(22)17-10-3-4-10/h7,9-10H,2-6,8H2,1H3,(H,17,22). The molecule has 3 heterocycles. The van der Waals surface area contributed by atoms with Crippen LogP contribution < -0.4 is 10.9 Å². The lowest BCUT2D eigenvalue weighted by Gasteiger charge is -2.08. The van der Waals surface area contributed by atoms with Crippen molar-refractivity contribution in [2.45, 2.75) is 51.6 Å². The first kappa shape index (κ1) is 15.3. The Bertz CT molecular complexity index is 966. The van der Waals surface area contributed by atoms with Gasteiger partial charge in [-0.15, -0.1) is 21.5 Å². The van der Waals surface area contributed by atoms with Crippen LogP contribution in [-0.2, 0) is 17.8 Å². The van der Waals surface area contributed by atoms with Crippen molar-refractivity contribution in [1.82, 2.24) is 24.5 Å². The summed E-state index contributed by atoms with van der Waals surface area (Å²) in [6.07, 6.45) is 3.90. The van der Waals surface area contributed by atoms with Crippen LogP contribution in [-0.4, -0.2) is 31.1 Å². The molecule has 1 fully saturated rings. The fraction of sp³-hybridized carbons (Fsp3) is 0.500. The summed E-state index contributed by atoms with van der Waals surface area (Å²) < 4.78 is 4.31. The molecule has 0 radical (unpaired) electrons. The zero-order chi connectivity index (χ0) is 16.7. The number of aryl methyl sites for hydroxylation is 2. The van der Waals surface area contributed by atoms with Gasteiger partial charge in [-0.25, -0.2) is 0 Å². The summed E-state index contributed by atoms with van der Waals surface area (Å²) in [6.45, 7) is 2.64. The highest BCUT2D eigenvalue weighted by atomic mass is 32.1. The van der Waals surface area contributed by atoms with E-state index in [9.17, 15) is 9.59 Å². The highest BCUT2D eigenvalue weighted by molar-refractivity contribution is 7.17. The van der Waals surface area contributed by atoms with E-state index in [0.717, 1.165) is 30.6 Å². The van der Waals surface area contributed by atoms with E-state index in [0.29, 0.717) is 35.9 Å². The first-order chi connectivity index (χ1) is 11.7. The van der Waals surface area contributed by atoms with E-state index < -0.39 is 0 Å². The molecule has 0 aromatic carbocycles. The first-order valence-electron chi connectivity index (χ1n) is 8.32. The van der Waals surface area contributed by atoms with Crippen LogP contribution in [0.25, 0.3) is 16.0 Å². The van der Waals surface area contributed by atoms with Crippen molar-refractivity contribution in [3.05, 3.63) is 27.6 Å². The highest BCUT2D eigenvalue weighted by Crippen LogP contribution is 2.21. The van der Waals surface area contributed by atoms with E-state index >= 15 is 0 Å². The highest BCUT2D eigenvalue weighted by Gasteiger charge is 2.23. The summed E-state index contributed by atoms with van der Waals surface area (Å²) in [6, 6.07) is 2.29. The van der Waals surface area contributed by atoms with E-state index in [-0.39, 0.29) is 11.5 Å². The third-order valence-corrected chi connectivity index (χ3v) is 5.14. The van der Waals surface area contributed by atoms with Gasteiger partial charge < -0.3 is 5.32 Å². The second-order valence-electron chi connectivity index (χ2n) is 6.19. The lowest BCUT2D eigenvalue weighted by Crippen LogP contribution is -2.26. The molecule has 0 aliphatic heterocycles. The predicted octanol–water partition coefficient (Wildman–Crippen LogP) is 1.73. The lowest BCUT2D eigenvalue weighted by atomic mass is 10.2. The molecule has 1 N–H and O–H groups in total. The molecule has 126 valence electrons. The SMILES string of the molecule is CCCn1c(=O)c2sccc2n2c(CCC(=O)NC3CC3)nnc12. The maximum Gasteiger partial charge on any atom is 0.272 e. The van der Waals surface area contributed by atoms with Crippen molar-refractivity contribution in [2.75, 3.05) is 0 Å². The van der Waals surface area contributed by atoms with Crippen molar-refractivity contribution >= 4 is 33.2 Å². The summed E-state index contributed by atoms with van der Waals surface area (Å²) >= 11 is 1.43. The maximum absolute atomic E-state index is 12.6. The number of thiophene rings is 1. The van der Waals surface area contributed by atoms with Crippen LogP contribution in [0.1, 0.15) is 38.4 Å². The van der Waals surface area contributed by atoms with E-state index in [1.54, 1.807) is 4.57 Å². The molecule has 0 spiro atoms. The monoisotopic (exact) mass is 345 g/mol. The van der Waals surface area contributed by atoms with Gasteiger partial charge in [0.15, 0.2) is 0 Å². The lowest BCUT2D eigenvalue weighted by molar-refractivity contribution is -0.121. The van der Waals surface area contributed by atoms with Gasteiger partial charge in [0.25, 0.3) is 5.56 Å². The number of fused-ring (bicyclic) bond motifs is 3. The Labute approximate surface area is 142 Å². The van der Waals surface area contributed by atoms with Crippen molar-refractivity contribution in [2.24, 2.45) is 0 Å². The van der Waals surface area contributed by atoms with Crippen LogP contribution in [0.15, 0.2) is 16.2 Å². The molecule has 0 unspecified atom stereocenters. The summed E-state index contributed by atoms with van der Waals surface area (Å²) in [5.74, 6) is 1.34. The van der Waals surface area contributed by atoms with Crippen LogP contribution >= 0.6 is 11.3 Å². The van der Waals surface area contributed by atoms with Gasteiger partial charge in [0, 0.05) is 25.4 Å². The average molecular weight is 345 g/mol. The van der Waals surface area contributed by atoms with E-state index in [4.69, 9.17) is 0 Å². The van der Waals surface area contributed by atoms with Gasteiger partial charge in [0.05, 0.1) is 5.52 Å². The summed E-state index contributed by atoms with van der Waals surface area (Å²) in [7, 11) is 0. The second-order valence-corrected chi connectivity index (χ2v) is 7.10. The number of hydrogen-bond donors (Lipinski definition) is 1. The molecule has 3 aromatic rings. The largest absolute Gasteiger partial charge is 0.353 e. The fourth-order valence-electron chi connectivity index (χ4n) is 2.92. The van der Waals surface area contributed by atoms with Crippen LogP contribution in [0.5, 0.6) is 0 Å². The average Bonchev–Trinajstić information content (AvgIpc) is 3.09. The van der Waals surface area contributed by atoms with Gasteiger partial charge in [0.2, 0.25) is 11.7 Å². The molecule has 3 aromatic heterocycles. The number of hydrogen-bond acceptors (Lipinski definition) is 5. The number of carbonyl (C=O) groups excluding carboxylic acids is 1. The summed E-state index contributed by atoms with van der Waals surface area (Å²) in [5.41, 5.74) is 0.815. The van der Waals surface area contributed by atoms with Crippen molar-refractivity contribution in [3.8, 4) is 0 Å². The van der Waals surface area contributed by atoms with Crippen LogP contribution in [0.2, 0.25) is 0 Å². The zero-order valence-electron chi connectivity index (χ0n) is 13.5. The molecular weight excluding hydrogens is 326 g/mol. The zero-order valence-corrected chi connectivity index (χ0v) is 14.3. The Kier molecular flexibility index (Phi) is 3.84. The van der Waals surface area contributed by atoms with Crippen LogP contribution in [0.3, 0.4) is 0 Å². The van der Waals surface area contributed by atoms with Gasteiger partial charge in [-0.1, -0.05) is 6.92 Å². The Hall–Kier alpha value is -2.22. The summed E-state index contributed by atoms with van der Waals surface area (Å²) in [4.78, 5) is 24.6. The minimum atomic E-state index is -0.0141. The minimum Gasteiger partial charge on any atom is -0.353 e. The molecule has 8 heteroatoms. The molecular formula is C16H19N5O2S. The third kappa shape index (κ3) is 2.60. The van der Waals surface area contributed by atoms with Crippen molar-refractivity contribution in [1.29, 1.82) is 0 Å². The topological polar surface area (TPSA) is 81.3 Å². The van der Waals surface area contributed by atoms with Gasteiger partial charge in [-0.3, -0.25) is 18.6 Å². The van der Waals surface area contributed by atoms with Crippen molar-refractivity contribution in [3.63, 3.8) is 0 Å². The van der Waals surface area contributed by atoms with E-state index in [2.05, 4.69) is 15.5 Å². The maximum atomic E-state index is 12.6. The smallest absolute Gasteiger partial charge is 0.272 e. The molecule has 0 bridgehead atoms. The Morgan fingerprint density at radius 3 is 3.00 bits per heavy atom. The number of carbonyl (C=O) groups is 1. The Morgan fingerprint density at radius 2 is 2.25 bits per heavy atom. The second kappa shape index (κ2) is 6.01. The van der Waals surface area contributed by atoms with Gasteiger partial charge in [-0.2, -0.15) is 0 Å². The minimum absolute atomic E-state index is 0.0141. The predicted molar refractivity (Wildman–Crippen MR) is 92.4 cm³/mol. The molecule has 1 amide bonds.